The Morgan fingerprint density at radius 1 is 1.25 bits per heavy atom. The normalized spacial score (nSPS) is 15.8. The summed E-state index contributed by atoms with van der Waals surface area (Å²) in [7, 11) is -3.46. The number of benzene rings is 1. The van der Waals surface area contributed by atoms with Crippen molar-refractivity contribution in [1.29, 1.82) is 0 Å². The molecule has 1 aliphatic rings. The number of carbonyl (C=O) groups is 1. The molecule has 1 N–H and O–H groups in total. The summed E-state index contributed by atoms with van der Waals surface area (Å²) in [5, 5.41) is 8.77. The largest absolute Gasteiger partial charge is 0.478 e. The van der Waals surface area contributed by atoms with Gasteiger partial charge in [-0.2, -0.15) is 0 Å². The summed E-state index contributed by atoms with van der Waals surface area (Å²) in [6, 6.07) is 4.41. The van der Waals surface area contributed by atoms with Gasteiger partial charge >= 0.3 is 5.97 Å². The van der Waals surface area contributed by atoms with Gasteiger partial charge in [-0.15, -0.1) is 0 Å². The molecule has 0 unspecified atom stereocenters. The molecule has 1 aliphatic heterocycles. The maximum Gasteiger partial charge on any atom is 0.337 e. The fourth-order valence-corrected chi connectivity index (χ4v) is 3.45. The van der Waals surface area contributed by atoms with Gasteiger partial charge in [-0.1, -0.05) is 0 Å². The number of carboxylic acid groups (broad SMARTS) is 1. The average Bonchev–Trinajstić information content (AvgIpc) is 2.91. The summed E-state index contributed by atoms with van der Waals surface area (Å²) in [5.74, 6) is -1.09. The summed E-state index contributed by atoms with van der Waals surface area (Å²) in [4.78, 5) is 13.5. The van der Waals surface area contributed by atoms with Gasteiger partial charge in [0.1, 0.15) is 0 Å². The van der Waals surface area contributed by atoms with E-state index in [0.29, 0.717) is 5.69 Å². The number of nitrogens with zero attached hydrogens (tertiary/aromatic N) is 1. The molecule has 0 saturated carbocycles. The van der Waals surface area contributed by atoms with E-state index in [-0.39, 0.29) is 10.5 Å². The molecule has 0 amide bonds. The molecule has 1 aromatic carbocycles. The van der Waals surface area contributed by atoms with Crippen LogP contribution in [0.25, 0.3) is 0 Å². The molecule has 0 spiro atoms. The highest BCUT2D eigenvalue weighted by molar-refractivity contribution is 7.92. The lowest BCUT2D eigenvalue weighted by atomic mass is 10.1. The maximum absolute atomic E-state index is 12.1. The van der Waals surface area contributed by atoms with Gasteiger partial charge in [-0.25, -0.2) is 13.2 Å². The average molecular weight is 297 g/mol. The summed E-state index contributed by atoms with van der Waals surface area (Å²) in [5.41, 5.74) is 0.673. The lowest BCUT2D eigenvalue weighted by Crippen LogP contribution is -2.21. The Morgan fingerprint density at radius 2 is 1.85 bits per heavy atom. The Morgan fingerprint density at radius 3 is 2.35 bits per heavy atom. The van der Waals surface area contributed by atoms with Crippen molar-refractivity contribution in [2.45, 2.75) is 36.8 Å². The highest BCUT2D eigenvalue weighted by atomic mass is 32.2. The Bertz CT molecular complexity index is 616. The first-order valence-electron chi connectivity index (χ1n) is 6.70. The Labute approximate surface area is 119 Å². The molecule has 2 rings (SSSR count). The second kappa shape index (κ2) is 5.44. The van der Waals surface area contributed by atoms with Gasteiger partial charge in [0.15, 0.2) is 9.84 Å². The minimum Gasteiger partial charge on any atom is -0.478 e. The van der Waals surface area contributed by atoms with Crippen LogP contribution in [0.1, 0.15) is 37.0 Å². The smallest absolute Gasteiger partial charge is 0.337 e. The SMILES string of the molecule is CC(C)S(=O)(=O)c1ccc(N2CCCC2)c(C(=O)O)c1. The van der Waals surface area contributed by atoms with Crippen molar-refractivity contribution in [2.24, 2.45) is 0 Å². The molecule has 0 bridgehead atoms. The van der Waals surface area contributed by atoms with Gasteiger partial charge in [0.2, 0.25) is 0 Å². The van der Waals surface area contributed by atoms with E-state index >= 15 is 0 Å². The molecule has 20 heavy (non-hydrogen) atoms. The molecule has 1 aromatic rings. The molecule has 0 aliphatic carbocycles. The molecular weight excluding hydrogens is 278 g/mol. The van der Waals surface area contributed by atoms with Gasteiger partial charge in [-0.3, -0.25) is 0 Å². The predicted octanol–water partition coefficient (Wildman–Crippen LogP) is 2.17. The lowest BCUT2D eigenvalue weighted by molar-refractivity contribution is 0.0697. The van der Waals surface area contributed by atoms with Crippen LogP contribution in [-0.4, -0.2) is 37.8 Å². The first-order valence-corrected chi connectivity index (χ1v) is 8.25. The Balaban J connectivity index is 2.51. The quantitative estimate of drug-likeness (QED) is 0.922. The van der Waals surface area contributed by atoms with Gasteiger partial charge in [0.05, 0.1) is 21.4 Å². The monoisotopic (exact) mass is 297 g/mol. The molecule has 0 radical (unpaired) electrons. The second-order valence-electron chi connectivity index (χ2n) is 5.27. The first-order chi connectivity index (χ1) is 9.34. The molecular formula is C14H19NO4S. The van der Waals surface area contributed by atoms with Crippen molar-refractivity contribution in [3.8, 4) is 0 Å². The summed E-state index contributed by atoms with van der Waals surface area (Å²) in [6.07, 6.45) is 2.07. The van der Waals surface area contributed by atoms with Gasteiger partial charge < -0.3 is 10.0 Å². The van der Waals surface area contributed by atoms with E-state index in [1.165, 1.54) is 12.1 Å². The minimum atomic E-state index is -3.46. The molecule has 5 nitrogen and oxygen atoms in total. The van der Waals surface area contributed by atoms with Crippen LogP contribution in [0.3, 0.4) is 0 Å². The second-order valence-corrected chi connectivity index (χ2v) is 7.78. The Hall–Kier alpha value is -1.56. The van der Waals surface area contributed by atoms with Crippen molar-refractivity contribution in [3.05, 3.63) is 23.8 Å². The van der Waals surface area contributed by atoms with E-state index in [1.807, 2.05) is 4.90 Å². The third-order valence-electron chi connectivity index (χ3n) is 3.59. The molecule has 0 atom stereocenters. The number of sulfone groups is 1. The number of carboxylic acids is 1. The zero-order valence-corrected chi connectivity index (χ0v) is 12.5. The molecule has 1 heterocycles. The van der Waals surface area contributed by atoms with Crippen molar-refractivity contribution >= 4 is 21.5 Å². The number of rotatable bonds is 4. The van der Waals surface area contributed by atoms with Crippen LogP contribution in [0.5, 0.6) is 0 Å². The minimum absolute atomic E-state index is 0.0635. The zero-order chi connectivity index (χ0) is 14.9. The molecule has 1 fully saturated rings. The summed E-state index contributed by atoms with van der Waals surface area (Å²) in [6.45, 7) is 4.81. The topological polar surface area (TPSA) is 74.7 Å². The zero-order valence-electron chi connectivity index (χ0n) is 11.7. The van der Waals surface area contributed by atoms with E-state index in [4.69, 9.17) is 0 Å². The fraction of sp³-hybridized carbons (Fsp3) is 0.500. The van der Waals surface area contributed by atoms with E-state index in [1.54, 1.807) is 19.9 Å². The van der Waals surface area contributed by atoms with E-state index in [0.717, 1.165) is 25.9 Å². The van der Waals surface area contributed by atoms with Crippen molar-refractivity contribution in [3.63, 3.8) is 0 Å². The van der Waals surface area contributed by atoms with E-state index < -0.39 is 21.1 Å². The van der Waals surface area contributed by atoms with Crippen LogP contribution in [-0.2, 0) is 9.84 Å². The highest BCUT2D eigenvalue weighted by Gasteiger charge is 2.24. The number of aromatic carboxylic acids is 1. The lowest BCUT2D eigenvalue weighted by Gasteiger charge is -2.20. The van der Waals surface area contributed by atoms with Crippen LogP contribution in [0, 0.1) is 0 Å². The van der Waals surface area contributed by atoms with Crippen LogP contribution >= 0.6 is 0 Å². The van der Waals surface area contributed by atoms with Crippen molar-refractivity contribution in [2.75, 3.05) is 18.0 Å². The van der Waals surface area contributed by atoms with E-state index in [2.05, 4.69) is 0 Å². The third kappa shape index (κ3) is 2.65. The number of anilines is 1. The van der Waals surface area contributed by atoms with Gasteiger partial charge in [-0.05, 0) is 44.9 Å². The van der Waals surface area contributed by atoms with Crippen LogP contribution in [0.15, 0.2) is 23.1 Å². The van der Waals surface area contributed by atoms with E-state index in [9.17, 15) is 18.3 Å². The maximum atomic E-state index is 12.1. The first kappa shape index (κ1) is 14.8. The van der Waals surface area contributed by atoms with Crippen LogP contribution in [0.4, 0.5) is 5.69 Å². The van der Waals surface area contributed by atoms with Gasteiger partial charge in [0, 0.05) is 13.1 Å². The standard InChI is InChI=1S/C14H19NO4S/c1-10(2)20(18,19)11-5-6-13(12(9-11)14(16)17)15-7-3-4-8-15/h5-6,9-10H,3-4,7-8H2,1-2H3,(H,16,17). The number of hydrogen-bond acceptors (Lipinski definition) is 4. The molecule has 1 saturated heterocycles. The summed E-state index contributed by atoms with van der Waals surface area (Å²) < 4.78 is 24.3. The third-order valence-corrected chi connectivity index (χ3v) is 5.75. The Kier molecular flexibility index (Phi) is 4.04. The molecule has 6 heteroatoms. The van der Waals surface area contributed by atoms with Gasteiger partial charge in [0.25, 0.3) is 0 Å². The number of hydrogen-bond donors (Lipinski definition) is 1. The van der Waals surface area contributed by atoms with Crippen LogP contribution < -0.4 is 4.90 Å². The predicted molar refractivity (Wildman–Crippen MR) is 77.2 cm³/mol. The fourth-order valence-electron chi connectivity index (χ4n) is 2.37. The molecule has 0 aromatic heterocycles. The van der Waals surface area contributed by atoms with Crippen molar-refractivity contribution in [1.82, 2.24) is 0 Å². The summed E-state index contributed by atoms with van der Waals surface area (Å²) >= 11 is 0. The highest BCUT2D eigenvalue weighted by Crippen LogP contribution is 2.28. The van der Waals surface area contributed by atoms with Crippen molar-refractivity contribution < 1.29 is 18.3 Å². The molecule has 110 valence electrons. The van der Waals surface area contributed by atoms with Crippen LogP contribution in [0.2, 0.25) is 0 Å².